The van der Waals surface area contributed by atoms with Crippen LogP contribution < -0.4 is 9.47 Å². The molecule has 0 aliphatic rings. The highest BCUT2D eigenvalue weighted by molar-refractivity contribution is 6.33. The minimum Gasteiger partial charge on any atom is -0.490 e. The van der Waals surface area contributed by atoms with Gasteiger partial charge in [0.05, 0.1) is 5.02 Å². The first-order chi connectivity index (χ1) is 15.1. The summed E-state index contributed by atoms with van der Waals surface area (Å²) in [6, 6.07) is 27.9. The summed E-state index contributed by atoms with van der Waals surface area (Å²) in [5.41, 5.74) is 1.57. The first-order valence-corrected chi connectivity index (χ1v) is 10.4. The van der Waals surface area contributed by atoms with Crippen LogP contribution in [0.4, 0.5) is 0 Å². The van der Waals surface area contributed by atoms with Crippen LogP contribution in [0.3, 0.4) is 0 Å². The molecule has 2 atom stereocenters. The summed E-state index contributed by atoms with van der Waals surface area (Å²) in [7, 11) is 0. The lowest BCUT2D eigenvalue weighted by Gasteiger charge is -2.17. The van der Waals surface area contributed by atoms with Crippen molar-refractivity contribution in [2.75, 3.05) is 13.2 Å². The maximum absolute atomic E-state index is 10.4. The zero-order valence-corrected chi connectivity index (χ0v) is 17.6. The van der Waals surface area contributed by atoms with Crippen molar-refractivity contribution < 1.29 is 19.7 Å². The molecule has 0 radical (unpaired) electrons. The molecule has 31 heavy (non-hydrogen) atoms. The van der Waals surface area contributed by atoms with Crippen molar-refractivity contribution in [3.63, 3.8) is 0 Å². The fourth-order valence-electron chi connectivity index (χ4n) is 3.42. The van der Waals surface area contributed by atoms with Crippen LogP contribution >= 0.6 is 11.6 Å². The number of fused-ring (bicyclic) bond motifs is 1. The number of hydrogen-bond donors (Lipinski definition) is 2. The van der Waals surface area contributed by atoms with Crippen molar-refractivity contribution in [1.29, 1.82) is 0 Å². The van der Waals surface area contributed by atoms with Gasteiger partial charge in [0.2, 0.25) is 0 Å². The Morgan fingerprint density at radius 3 is 1.81 bits per heavy atom. The van der Waals surface area contributed by atoms with Crippen LogP contribution in [0, 0.1) is 0 Å². The summed E-state index contributed by atoms with van der Waals surface area (Å²) in [5, 5.41) is 22.9. The van der Waals surface area contributed by atoms with Gasteiger partial charge in [-0.05, 0) is 29.3 Å². The van der Waals surface area contributed by atoms with Gasteiger partial charge in [-0.2, -0.15) is 0 Å². The van der Waals surface area contributed by atoms with Crippen LogP contribution in [0.2, 0.25) is 5.02 Å². The molecule has 5 heteroatoms. The highest BCUT2D eigenvalue weighted by atomic mass is 35.5. The van der Waals surface area contributed by atoms with E-state index in [1.54, 1.807) is 6.07 Å². The molecule has 2 unspecified atom stereocenters. The van der Waals surface area contributed by atoms with E-state index < -0.39 is 12.2 Å². The van der Waals surface area contributed by atoms with Gasteiger partial charge >= 0.3 is 0 Å². The van der Waals surface area contributed by atoms with E-state index in [-0.39, 0.29) is 13.2 Å². The number of ether oxygens (including phenoxy) is 2. The Balaban J connectivity index is 1.53. The van der Waals surface area contributed by atoms with E-state index in [0.717, 1.165) is 21.9 Å². The lowest BCUT2D eigenvalue weighted by molar-refractivity contribution is 0.108. The van der Waals surface area contributed by atoms with Gasteiger partial charge in [-0.15, -0.1) is 0 Å². The second-order valence-electron chi connectivity index (χ2n) is 7.20. The molecule has 0 aliphatic carbocycles. The second-order valence-corrected chi connectivity index (χ2v) is 7.61. The molecule has 0 aromatic heterocycles. The third-order valence-corrected chi connectivity index (χ3v) is 5.37. The van der Waals surface area contributed by atoms with Crippen molar-refractivity contribution in [2.45, 2.75) is 12.2 Å². The quantitative estimate of drug-likeness (QED) is 0.372. The summed E-state index contributed by atoms with van der Waals surface area (Å²) >= 11 is 6.41. The van der Waals surface area contributed by atoms with Gasteiger partial charge < -0.3 is 19.7 Å². The van der Waals surface area contributed by atoms with Crippen molar-refractivity contribution in [2.24, 2.45) is 0 Å². The fraction of sp³-hybridized carbons (Fsp3) is 0.154. The third kappa shape index (κ3) is 5.00. The summed E-state index contributed by atoms with van der Waals surface area (Å²) in [5.74, 6) is 1.11. The first kappa shape index (κ1) is 21.2. The Bertz CT molecular complexity index is 1130. The number of aliphatic hydroxyl groups is 2. The van der Waals surface area contributed by atoms with Gasteiger partial charge in [0.15, 0.2) is 0 Å². The Morgan fingerprint density at radius 2 is 1.19 bits per heavy atom. The Labute approximate surface area is 186 Å². The van der Waals surface area contributed by atoms with E-state index in [9.17, 15) is 10.2 Å². The number of hydrogen-bond acceptors (Lipinski definition) is 4. The average molecular weight is 435 g/mol. The molecule has 0 fully saturated rings. The van der Waals surface area contributed by atoms with Gasteiger partial charge in [0.1, 0.15) is 36.9 Å². The van der Waals surface area contributed by atoms with Crippen molar-refractivity contribution in [3.05, 3.63) is 107 Å². The fourth-order valence-corrected chi connectivity index (χ4v) is 3.64. The van der Waals surface area contributed by atoms with E-state index in [2.05, 4.69) is 0 Å². The molecular formula is C26H23ClO4. The molecule has 4 nitrogen and oxygen atoms in total. The predicted octanol–water partition coefficient (Wildman–Crippen LogP) is 5.72. The van der Waals surface area contributed by atoms with Crippen LogP contribution in [0.1, 0.15) is 23.3 Å². The lowest BCUT2D eigenvalue weighted by atomic mass is 10.1. The molecule has 4 aromatic carbocycles. The topological polar surface area (TPSA) is 58.9 Å². The van der Waals surface area contributed by atoms with Crippen molar-refractivity contribution >= 4 is 22.4 Å². The minimum absolute atomic E-state index is 0.0701. The van der Waals surface area contributed by atoms with Crippen molar-refractivity contribution in [1.82, 2.24) is 0 Å². The maximum atomic E-state index is 10.4. The molecule has 0 spiro atoms. The van der Waals surface area contributed by atoms with Crippen LogP contribution in [0.15, 0.2) is 91.0 Å². The summed E-state index contributed by atoms with van der Waals surface area (Å²) in [6.45, 7) is 0.190. The number of benzene rings is 4. The highest BCUT2D eigenvalue weighted by Gasteiger charge is 2.15. The van der Waals surface area contributed by atoms with Gasteiger partial charge in [-0.1, -0.05) is 84.4 Å². The van der Waals surface area contributed by atoms with Gasteiger partial charge in [-0.25, -0.2) is 0 Å². The van der Waals surface area contributed by atoms with Gasteiger partial charge in [-0.3, -0.25) is 0 Å². The van der Waals surface area contributed by atoms with Gasteiger partial charge in [0.25, 0.3) is 0 Å². The largest absolute Gasteiger partial charge is 0.490 e. The van der Waals surface area contributed by atoms with E-state index >= 15 is 0 Å². The molecule has 4 aromatic rings. The summed E-state index contributed by atoms with van der Waals surface area (Å²) in [6.07, 6.45) is -1.51. The van der Waals surface area contributed by atoms with E-state index in [0.29, 0.717) is 16.5 Å². The first-order valence-electron chi connectivity index (χ1n) is 10.1. The molecule has 0 bridgehead atoms. The predicted molar refractivity (Wildman–Crippen MR) is 123 cm³/mol. The molecule has 158 valence electrons. The van der Waals surface area contributed by atoms with Crippen LogP contribution in [-0.4, -0.2) is 23.4 Å². The SMILES string of the molecule is OC(COc1cccc2c(OCC(O)c3ccccc3)c(Cl)ccc12)c1ccccc1. The molecular weight excluding hydrogens is 412 g/mol. The molecule has 2 N–H and O–H groups in total. The molecule has 0 saturated heterocycles. The van der Waals surface area contributed by atoms with E-state index in [1.165, 1.54) is 0 Å². The smallest absolute Gasteiger partial charge is 0.145 e. The standard InChI is InChI=1S/C26H23ClO4/c27-22-15-14-20-21(26(22)31-17-24(29)19-10-5-2-6-11-19)12-7-13-25(20)30-16-23(28)18-8-3-1-4-9-18/h1-15,23-24,28-29H,16-17H2. The molecule has 4 rings (SSSR count). The maximum Gasteiger partial charge on any atom is 0.145 e. The third-order valence-electron chi connectivity index (χ3n) is 5.07. The summed E-state index contributed by atoms with van der Waals surface area (Å²) in [4.78, 5) is 0. The summed E-state index contributed by atoms with van der Waals surface area (Å²) < 4.78 is 11.9. The zero-order valence-electron chi connectivity index (χ0n) is 16.8. The highest BCUT2D eigenvalue weighted by Crippen LogP contribution is 2.38. The molecule has 0 aliphatic heterocycles. The molecule has 0 heterocycles. The zero-order chi connectivity index (χ0) is 21.6. The molecule has 0 saturated carbocycles. The Hall–Kier alpha value is -3.05. The normalized spacial score (nSPS) is 13.0. The Morgan fingerprint density at radius 1 is 0.613 bits per heavy atom. The lowest BCUT2D eigenvalue weighted by Crippen LogP contribution is -2.11. The van der Waals surface area contributed by atoms with Crippen LogP contribution in [0.25, 0.3) is 10.8 Å². The number of aliphatic hydroxyl groups excluding tert-OH is 2. The van der Waals surface area contributed by atoms with Crippen molar-refractivity contribution in [3.8, 4) is 11.5 Å². The van der Waals surface area contributed by atoms with Crippen LogP contribution in [-0.2, 0) is 0 Å². The number of rotatable bonds is 8. The number of halogens is 1. The second kappa shape index (κ2) is 9.84. The van der Waals surface area contributed by atoms with E-state index in [4.69, 9.17) is 21.1 Å². The van der Waals surface area contributed by atoms with Crippen LogP contribution in [0.5, 0.6) is 11.5 Å². The minimum atomic E-state index is -0.770. The average Bonchev–Trinajstić information content (AvgIpc) is 2.82. The monoisotopic (exact) mass is 434 g/mol. The molecule has 0 amide bonds. The Kier molecular flexibility index (Phi) is 6.73. The van der Waals surface area contributed by atoms with E-state index in [1.807, 2.05) is 84.9 Å². The van der Waals surface area contributed by atoms with Gasteiger partial charge in [0, 0.05) is 10.8 Å².